The lowest BCUT2D eigenvalue weighted by atomic mass is 10.2. The largest absolute Gasteiger partial charge is 0.330 e. The number of thioether (sulfide) groups is 1. The molecule has 0 aliphatic heterocycles. The van der Waals surface area contributed by atoms with Crippen molar-refractivity contribution in [1.82, 2.24) is 0 Å². The Labute approximate surface area is 101 Å². The van der Waals surface area contributed by atoms with E-state index in [1.54, 1.807) is 11.8 Å². The third-order valence-electron chi connectivity index (χ3n) is 2.16. The van der Waals surface area contributed by atoms with Gasteiger partial charge in [-0.1, -0.05) is 12.1 Å². The molecule has 0 aromatic heterocycles. The Balaban J connectivity index is 2.45. The van der Waals surface area contributed by atoms with Crippen molar-refractivity contribution in [2.24, 2.45) is 5.73 Å². The Bertz CT molecular complexity index is 324. The van der Waals surface area contributed by atoms with Crippen molar-refractivity contribution in [2.45, 2.75) is 18.6 Å². The van der Waals surface area contributed by atoms with Crippen molar-refractivity contribution in [1.29, 1.82) is 0 Å². The van der Waals surface area contributed by atoms with Crippen molar-refractivity contribution in [3.05, 3.63) is 29.8 Å². The van der Waals surface area contributed by atoms with Crippen LogP contribution in [0, 0.1) is 0 Å². The topological polar surface area (TPSA) is 55.1 Å². The van der Waals surface area contributed by atoms with Crippen LogP contribution in [0.15, 0.2) is 24.3 Å². The van der Waals surface area contributed by atoms with Gasteiger partial charge in [-0.2, -0.15) is 11.8 Å². The number of anilines is 1. The number of nitrogens with one attached hydrogen (secondary N) is 1. The van der Waals surface area contributed by atoms with Crippen LogP contribution in [0.25, 0.3) is 0 Å². The third-order valence-corrected chi connectivity index (χ3v) is 2.78. The number of rotatable bonds is 6. The molecule has 0 saturated carbocycles. The average Bonchev–Trinajstić information content (AvgIpc) is 2.29. The maximum atomic E-state index is 11.4. The molecule has 1 rings (SSSR count). The Morgan fingerprint density at radius 1 is 1.38 bits per heavy atom. The molecular weight excluding hydrogens is 220 g/mol. The van der Waals surface area contributed by atoms with E-state index in [1.165, 1.54) is 5.56 Å². The molecule has 0 spiro atoms. The van der Waals surface area contributed by atoms with Gasteiger partial charge in [0.15, 0.2) is 0 Å². The van der Waals surface area contributed by atoms with Crippen LogP contribution >= 0.6 is 11.8 Å². The van der Waals surface area contributed by atoms with Crippen molar-refractivity contribution in [2.75, 3.05) is 18.1 Å². The van der Waals surface area contributed by atoms with Gasteiger partial charge in [-0.3, -0.25) is 4.79 Å². The minimum Gasteiger partial charge on any atom is -0.330 e. The van der Waals surface area contributed by atoms with E-state index in [2.05, 4.69) is 11.6 Å². The Morgan fingerprint density at radius 3 is 2.62 bits per heavy atom. The number of benzene rings is 1. The first kappa shape index (κ1) is 13.1. The summed E-state index contributed by atoms with van der Waals surface area (Å²) in [6.07, 6.45) is 3.29. The highest BCUT2D eigenvalue weighted by Crippen LogP contribution is 2.13. The molecule has 1 aromatic carbocycles. The lowest BCUT2D eigenvalue weighted by Crippen LogP contribution is -2.13. The second-order valence-electron chi connectivity index (χ2n) is 3.57. The van der Waals surface area contributed by atoms with Gasteiger partial charge in [0, 0.05) is 17.9 Å². The third kappa shape index (κ3) is 4.68. The monoisotopic (exact) mass is 238 g/mol. The number of hydrogen-bond acceptors (Lipinski definition) is 3. The normalized spacial score (nSPS) is 10.1. The summed E-state index contributed by atoms with van der Waals surface area (Å²) in [7, 11) is 0. The molecule has 0 heterocycles. The van der Waals surface area contributed by atoms with Gasteiger partial charge in [-0.05, 0) is 36.9 Å². The quantitative estimate of drug-likeness (QED) is 0.799. The zero-order valence-electron chi connectivity index (χ0n) is 9.53. The van der Waals surface area contributed by atoms with E-state index < -0.39 is 0 Å². The lowest BCUT2D eigenvalue weighted by Gasteiger charge is -2.05. The molecule has 4 heteroatoms. The van der Waals surface area contributed by atoms with Crippen molar-refractivity contribution < 1.29 is 4.79 Å². The van der Waals surface area contributed by atoms with E-state index in [-0.39, 0.29) is 5.91 Å². The Hall–Kier alpha value is -1.00. The average molecular weight is 238 g/mol. The van der Waals surface area contributed by atoms with Crippen LogP contribution in [0.3, 0.4) is 0 Å². The number of carbonyl (C=O) groups is 1. The molecule has 0 saturated heterocycles. The predicted octanol–water partition coefficient (Wildman–Crippen LogP) is 2.23. The van der Waals surface area contributed by atoms with Crippen LogP contribution in [0.4, 0.5) is 5.69 Å². The van der Waals surface area contributed by atoms with E-state index in [0.717, 1.165) is 17.9 Å². The second kappa shape index (κ2) is 7.30. The maximum absolute atomic E-state index is 11.4. The van der Waals surface area contributed by atoms with E-state index in [9.17, 15) is 4.79 Å². The Kier molecular flexibility index (Phi) is 5.96. The summed E-state index contributed by atoms with van der Waals surface area (Å²) in [5, 5.41) is 2.84. The molecule has 88 valence electrons. The van der Waals surface area contributed by atoms with Crippen LogP contribution in [0.1, 0.15) is 18.4 Å². The molecule has 3 N–H and O–H groups in total. The number of amides is 1. The fraction of sp³-hybridized carbons (Fsp3) is 0.417. The highest BCUT2D eigenvalue weighted by Gasteiger charge is 2.01. The summed E-state index contributed by atoms with van der Waals surface area (Å²) in [5.41, 5.74) is 7.47. The van der Waals surface area contributed by atoms with Gasteiger partial charge in [0.05, 0.1) is 0 Å². The first-order chi connectivity index (χ1) is 7.76. The summed E-state index contributed by atoms with van der Waals surface area (Å²) in [5.74, 6) is 1.03. The molecular formula is C12H18N2OS. The summed E-state index contributed by atoms with van der Waals surface area (Å²) in [4.78, 5) is 11.4. The molecule has 1 aromatic rings. The fourth-order valence-electron chi connectivity index (χ4n) is 1.34. The minimum absolute atomic E-state index is 0.0306. The van der Waals surface area contributed by atoms with Gasteiger partial charge in [-0.25, -0.2) is 0 Å². The van der Waals surface area contributed by atoms with Gasteiger partial charge >= 0.3 is 0 Å². The van der Waals surface area contributed by atoms with E-state index in [0.29, 0.717) is 13.0 Å². The van der Waals surface area contributed by atoms with Gasteiger partial charge in [-0.15, -0.1) is 0 Å². The van der Waals surface area contributed by atoms with E-state index >= 15 is 0 Å². The predicted molar refractivity (Wildman–Crippen MR) is 70.6 cm³/mol. The molecule has 16 heavy (non-hydrogen) atoms. The molecule has 1 amide bonds. The number of carbonyl (C=O) groups excluding carboxylic acids is 1. The highest BCUT2D eigenvalue weighted by molar-refractivity contribution is 7.97. The molecule has 0 aliphatic rings. The van der Waals surface area contributed by atoms with Crippen molar-refractivity contribution >= 4 is 23.4 Å². The first-order valence-corrected chi connectivity index (χ1v) is 6.73. The number of hydrogen-bond donors (Lipinski definition) is 2. The van der Waals surface area contributed by atoms with Gasteiger partial charge in [0.1, 0.15) is 0 Å². The molecule has 0 atom stereocenters. The van der Waals surface area contributed by atoms with Crippen LogP contribution in [-0.4, -0.2) is 18.7 Å². The smallest absolute Gasteiger partial charge is 0.224 e. The minimum atomic E-state index is 0.0306. The van der Waals surface area contributed by atoms with Crippen LogP contribution < -0.4 is 11.1 Å². The molecule has 0 unspecified atom stereocenters. The fourth-order valence-corrected chi connectivity index (χ4v) is 1.86. The van der Waals surface area contributed by atoms with Crippen molar-refractivity contribution in [3.63, 3.8) is 0 Å². The molecule has 3 nitrogen and oxygen atoms in total. The van der Waals surface area contributed by atoms with E-state index in [1.807, 2.05) is 24.3 Å². The summed E-state index contributed by atoms with van der Waals surface area (Å²) >= 11 is 1.78. The summed E-state index contributed by atoms with van der Waals surface area (Å²) in [6, 6.07) is 7.95. The van der Waals surface area contributed by atoms with Crippen LogP contribution in [0.5, 0.6) is 0 Å². The zero-order chi connectivity index (χ0) is 11.8. The Morgan fingerprint density at radius 2 is 2.06 bits per heavy atom. The molecule has 0 bridgehead atoms. The van der Waals surface area contributed by atoms with Crippen molar-refractivity contribution in [3.8, 4) is 0 Å². The summed E-state index contributed by atoms with van der Waals surface area (Å²) < 4.78 is 0. The standard InChI is InChI=1S/C12H18N2OS/c1-16-9-10-4-6-11(7-5-10)14-12(15)3-2-8-13/h4-7H,2-3,8-9,13H2,1H3,(H,14,15). The number of nitrogens with two attached hydrogens (primary N) is 1. The first-order valence-electron chi connectivity index (χ1n) is 5.34. The SMILES string of the molecule is CSCc1ccc(NC(=O)CCCN)cc1. The van der Waals surface area contributed by atoms with Gasteiger partial charge in [0.25, 0.3) is 0 Å². The van der Waals surface area contributed by atoms with E-state index in [4.69, 9.17) is 5.73 Å². The summed E-state index contributed by atoms with van der Waals surface area (Å²) in [6.45, 7) is 0.556. The second-order valence-corrected chi connectivity index (χ2v) is 4.44. The lowest BCUT2D eigenvalue weighted by molar-refractivity contribution is -0.116. The molecule has 0 fully saturated rings. The molecule has 0 radical (unpaired) electrons. The van der Waals surface area contributed by atoms with Gasteiger partial charge < -0.3 is 11.1 Å². The van der Waals surface area contributed by atoms with Crippen LogP contribution in [0.2, 0.25) is 0 Å². The zero-order valence-corrected chi connectivity index (χ0v) is 10.3. The maximum Gasteiger partial charge on any atom is 0.224 e. The van der Waals surface area contributed by atoms with Crippen LogP contribution in [-0.2, 0) is 10.5 Å². The molecule has 0 aliphatic carbocycles. The van der Waals surface area contributed by atoms with Gasteiger partial charge in [0.2, 0.25) is 5.91 Å². The highest BCUT2D eigenvalue weighted by atomic mass is 32.2.